The van der Waals surface area contributed by atoms with Crippen molar-refractivity contribution in [1.29, 1.82) is 0 Å². The van der Waals surface area contributed by atoms with Crippen LogP contribution in [0, 0.1) is 0 Å². The minimum absolute atomic E-state index is 0.0697. The predicted molar refractivity (Wildman–Crippen MR) is 65.4 cm³/mol. The van der Waals surface area contributed by atoms with E-state index in [1.807, 2.05) is 39.8 Å². The van der Waals surface area contributed by atoms with Crippen LogP contribution in [0.4, 0.5) is 0 Å². The number of furan rings is 1. The molecular weight excluding hydrogens is 216 g/mol. The van der Waals surface area contributed by atoms with E-state index in [2.05, 4.69) is 10.2 Å². The number of amides is 1. The van der Waals surface area contributed by atoms with Gasteiger partial charge in [0.25, 0.3) is 0 Å². The van der Waals surface area contributed by atoms with Gasteiger partial charge >= 0.3 is 0 Å². The first-order valence-electron chi connectivity index (χ1n) is 5.91. The quantitative estimate of drug-likeness (QED) is 0.851. The molecule has 0 radical (unpaired) electrons. The number of carbonyl (C=O) groups excluding carboxylic acids is 1. The van der Waals surface area contributed by atoms with Crippen LogP contribution in [0.15, 0.2) is 22.8 Å². The first kappa shape index (κ1) is 12.2. The Morgan fingerprint density at radius 3 is 2.71 bits per heavy atom. The third-order valence-corrected chi connectivity index (χ3v) is 3.31. The molecule has 1 amide bonds. The Kier molecular flexibility index (Phi) is 2.78. The zero-order valence-corrected chi connectivity index (χ0v) is 10.9. The predicted octanol–water partition coefficient (Wildman–Crippen LogP) is 1.77. The molecule has 4 heteroatoms. The lowest BCUT2D eigenvalue weighted by atomic mass is 9.90. The second kappa shape index (κ2) is 3.88. The fourth-order valence-electron chi connectivity index (χ4n) is 2.16. The first-order valence-corrected chi connectivity index (χ1v) is 5.91. The van der Waals surface area contributed by atoms with Gasteiger partial charge in [0.05, 0.1) is 18.3 Å². The summed E-state index contributed by atoms with van der Waals surface area (Å²) in [4.78, 5) is 14.2. The third kappa shape index (κ3) is 2.36. The molecule has 1 saturated heterocycles. The van der Waals surface area contributed by atoms with Crippen molar-refractivity contribution >= 4 is 5.91 Å². The van der Waals surface area contributed by atoms with Gasteiger partial charge < -0.3 is 9.73 Å². The molecular formula is C13H20N2O2. The molecule has 0 unspecified atom stereocenters. The number of nitrogens with zero attached hydrogens (tertiary/aromatic N) is 1. The summed E-state index contributed by atoms with van der Waals surface area (Å²) in [6, 6.07) is 3.81. The molecule has 0 spiro atoms. The van der Waals surface area contributed by atoms with Gasteiger partial charge in [-0.15, -0.1) is 0 Å². The van der Waals surface area contributed by atoms with Crippen LogP contribution in [-0.4, -0.2) is 28.4 Å². The Balaban J connectivity index is 2.20. The zero-order valence-electron chi connectivity index (χ0n) is 10.9. The van der Waals surface area contributed by atoms with Gasteiger partial charge in [-0.1, -0.05) is 0 Å². The van der Waals surface area contributed by atoms with Crippen LogP contribution >= 0.6 is 0 Å². The maximum absolute atomic E-state index is 12.1. The Bertz CT molecular complexity index is 407. The van der Waals surface area contributed by atoms with E-state index < -0.39 is 5.54 Å². The van der Waals surface area contributed by atoms with E-state index in [9.17, 15) is 4.79 Å². The van der Waals surface area contributed by atoms with Gasteiger partial charge in [-0.05, 0) is 39.8 Å². The van der Waals surface area contributed by atoms with Crippen molar-refractivity contribution in [2.24, 2.45) is 0 Å². The summed E-state index contributed by atoms with van der Waals surface area (Å²) in [7, 11) is 0. The Morgan fingerprint density at radius 1 is 1.41 bits per heavy atom. The normalized spacial score (nSPS) is 23.4. The molecule has 94 valence electrons. The SMILES string of the molecule is CC1(C)CN(Cc2ccco2)C(C)(C)C(=O)N1. The van der Waals surface area contributed by atoms with Gasteiger partial charge in [-0.2, -0.15) is 0 Å². The highest BCUT2D eigenvalue weighted by atomic mass is 16.3. The number of piperazine rings is 1. The number of rotatable bonds is 2. The number of nitrogens with one attached hydrogen (secondary N) is 1. The summed E-state index contributed by atoms with van der Waals surface area (Å²) >= 11 is 0. The molecule has 17 heavy (non-hydrogen) atoms. The summed E-state index contributed by atoms with van der Waals surface area (Å²) in [5.41, 5.74) is -0.693. The smallest absolute Gasteiger partial charge is 0.240 e. The van der Waals surface area contributed by atoms with Gasteiger partial charge in [-0.3, -0.25) is 9.69 Å². The molecule has 1 aromatic heterocycles. The topological polar surface area (TPSA) is 45.5 Å². The summed E-state index contributed by atoms with van der Waals surface area (Å²) in [5.74, 6) is 0.962. The number of hydrogen-bond acceptors (Lipinski definition) is 3. The molecule has 1 aliphatic rings. The van der Waals surface area contributed by atoms with E-state index in [1.54, 1.807) is 6.26 Å². The summed E-state index contributed by atoms with van der Waals surface area (Å²) < 4.78 is 5.36. The molecule has 1 fully saturated rings. The van der Waals surface area contributed by atoms with Crippen LogP contribution in [0.2, 0.25) is 0 Å². The molecule has 0 bridgehead atoms. The second-order valence-corrected chi connectivity index (χ2v) is 5.83. The lowest BCUT2D eigenvalue weighted by molar-refractivity contribution is -0.140. The van der Waals surface area contributed by atoms with E-state index in [0.717, 1.165) is 12.3 Å². The van der Waals surface area contributed by atoms with Gasteiger partial charge in [0.1, 0.15) is 5.76 Å². The molecule has 2 heterocycles. The largest absolute Gasteiger partial charge is 0.468 e. The second-order valence-electron chi connectivity index (χ2n) is 5.83. The van der Waals surface area contributed by atoms with Crippen LogP contribution in [0.3, 0.4) is 0 Å². The molecule has 0 atom stereocenters. The lowest BCUT2D eigenvalue weighted by Crippen LogP contribution is -2.68. The molecule has 1 aliphatic heterocycles. The van der Waals surface area contributed by atoms with Crippen molar-refractivity contribution in [2.75, 3.05) is 6.54 Å². The van der Waals surface area contributed by atoms with Crippen molar-refractivity contribution in [3.05, 3.63) is 24.2 Å². The van der Waals surface area contributed by atoms with E-state index in [4.69, 9.17) is 4.42 Å². The van der Waals surface area contributed by atoms with Crippen molar-refractivity contribution < 1.29 is 9.21 Å². The van der Waals surface area contributed by atoms with E-state index in [0.29, 0.717) is 6.54 Å². The average Bonchev–Trinajstić information content (AvgIpc) is 2.66. The Hall–Kier alpha value is -1.29. The standard InChI is InChI=1S/C13H20N2O2/c1-12(2)9-15(8-10-6-5-7-17-10)13(3,4)11(16)14-12/h5-7H,8-9H2,1-4H3,(H,14,16). The highest BCUT2D eigenvalue weighted by molar-refractivity contribution is 5.86. The lowest BCUT2D eigenvalue weighted by Gasteiger charge is -2.47. The van der Waals surface area contributed by atoms with Crippen LogP contribution < -0.4 is 5.32 Å². The van der Waals surface area contributed by atoms with Gasteiger partial charge in [-0.25, -0.2) is 0 Å². The molecule has 4 nitrogen and oxygen atoms in total. The van der Waals surface area contributed by atoms with Crippen molar-refractivity contribution in [1.82, 2.24) is 10.2 Å². The molecule has 0 saturated carbocycles. The molecule has 2 rings (SSSR count). The van der Waals surface area contributed by atoms with Gasteiger partial charge in [0, 0.05) is 12.1 Å². The molecule has 1 aromatic rings. The monoisotopic (exact) mass is 236 g/mol. The van der Waals surface area contributed by atoms with Crippen LogP contribution in [0.5, 0.6) is 0 Å². The van der Waals surface area contributed by atoms with Crippen LogP contribution in [0.25, 0.3) is 0 Å². The Labute approximate surface area is 102 Å². The van der Waals surface area contributed by atoms with E-state index in [-0.39, 0.29) is 11.4 Å². The van der Waals surface area contributed by atoms with Crippen molar-refractivity contribution in [3.8, 4) is 0 Å². The molecule has 0 aliphatic carbocycles. The highest BCUT2D eigenvalue weighted by Gasteiger charge is 2.44. The number of hydrogen-bond donors (Lipinski definition) is 1. The summed E-state index contributed by atoms with van der Waals surface area (Å²) in [6.45, 7) is 9.44. The van der Waals surface area contributed by atoms with Gasteiger partial charge in [0.2, 0.25) is 5.91 Å². The van der Waals surface area contributed by atoms with Crippen molar-refractivity contribution in [3.63, 3.8) is 0 Å². The molecule has 0 aromatic carbocycles. The minimum atomic E-state index is -0.498. The van der Waals surface area contributed by atoms with Crippen LogP contribution in [0.1, 0.15) is 33.5 Å². The van der Waals surface area contributed by atoms with Crippen LogP contribution in [-0.2, 0) is 11.3 Å². The fourth-order valence-corrected chi connectivity index (χ4v) is 2.16. The molecule has 1 N–H and O–H groups in total. The minimum Gasteiger partial charge on any atom is -0.468 e. The third-order valence-electron chi connectivity index (χ3n) is 3.31. The average molecular weight is 236 g/mol. The van der Waals surface area contributed by atoms with Gasteiger partial charge in [0.15, 0.2) is 0 Å². The van der Waals surface area contributed by atoms with Crippen molar-refractivity contribution in [2.45, 2.75) is 45.3 Å². The maximum Gasteiger partial charge on any atom is 0.240 e. The summed E-state index contributed by atoms with van der Waals surface area (Å²) in [5, 5.41) is 3.04. The maximum atomic E-state index is 12.1. The van der Waals surface area contributed by atoms with E-state index >= 15 is 0 Å². The first-order chi connectivity index (χ1) is 7.81. The highest BCUT2D eigenvalue weighted by Crippen LogP contribution is 2.26. The van der Waals surface area contributed by atoms with E-state index in [1.165, 1.54) is 0 Å². The number of carbonyl (C=O) groups is 1. The fraction of sp³-hybridized carbons (Fsp3) is 0.615. The summed E-state index contributed by atoms with van der Waals surface area (Å²) in [6.07, 6.45) is 1.66. The zero-order chi connectivity index (χ0) is 12.7. The Morgan fingerprint density at radius 2 is 2.12 bits per heavy atom.